The van der Waals surface area contributed by atoms with Gasteiger partial charge in [0.1, 0.15) is 5.76 Å². The molecule has 26 heavy (non-hydrogen) atoms. The number of hydrogen-bond donors (Lipinski definition) is 1. The predicted molar refractivity (Wildman–Crippen MR) is 95.0 cm³/mol. The number of rotatable bonds is 6. The fourth-order valence-electron chi connectivity index (χ4n) is 2.60. The second-order valence-corrected chi connectivity index (χ2v) is 6.46. The fourth-order valence-corrected chi connectivity index (χ4v) is 2.60. The van der Waals surface area contributed by atoms with Gasteiger partial charge in [0.2, 0.25) is 17.6 Å². The molecule has 8 nitrogen and oxygen atoms in total. The molecule has 136 valence electrons. The minimum Gasteiger partial charge on any atom is -0.444 e. The zero-order valence-corrected chi connectivity index (χ0v) is 15.3. The first-order chi connectivity index (χ1) is 12.5. The number of nitrogens with one attached hydrogen (secondary N) is 1. The van der Waals surface area contributed by atoms with E-state index in [-0.39, 0.29) is 18.4 Å². The van der Waals surface area contributed by atoms with E-state index in [4.69, 9.17) is 4.42 Å². The Bertz CT molecular complexity index is 865. The summed E-state index contributed by atoms with van der Waals surface area (Å²) in [5.41, 5.74) is 1.67. The molecule has 0 bridgehead atoms. The van der Waals surface area contributed by atoms with Crippen molar-refractivity contribution in [2.45, 2.75) is 40.3 Å². The van der Waals surface area contributed by atoms with Crippen molar-refractivity contribution in [1.29, 1.82) is 0 Å². The first-order valence-corrected chi connectivity index (χ1v) is 8.51. The van der Waals surface area contributed by atoms with Crippen LogP contribution in [0.3, 0.4) is 0 Å². The number of aryl methyl sites for hydroxylation is 2. The number of nitrogens with zero attached hydrogens (tertiary/aromatic N) is 5. The number of aromatic nitrogens is 5. The van der Waals surface area contributed by atoms with Crippen LogP contribution < -0.4 is 5.32 Å². The average Bonchev–Trinajstić information content (AvgIpc) is 3.21. The lowest BCUT2D eigenvalue weighted by molar-refractivity contribution is -0.126. The van der Waals surface area contributed by atoms with Crippen molar-refractivity contribution in [1.82, 2.24) is 30.5 Å². The zero-order valence-electron chi connectivity index (χ0n) is 15.3. The summed E-state index contributed by atoms with van der Waals surface area (Å²) in [4.78, 5) is 18.3. The van der Waals surface area contributed by atoms with Gasteiger partial charge >= 0.3 is 0 Å². The highest BCUT2D eigenvalue weighted by Crippen LogP contribution is 2.19. The zero-order chi connectivity index (χ0) is 18.7. The third-order valence-electron chi connectivity index (χ3n) is 4.10. The van der Waals surface area contributed by atoms with Crippen LogP contribution in [0.5, 0.6) is 0 Å². The van der Waals surface area contributed by atoms with Gasteiger partial charge in [0.05, 0.1) is 12.2 Å². The Labute approximate surface area is 151 Å². The molecule has 1 unspecified atom stereocenters. The predicted octanol–water partition coefficient (Wildman–Crippen LogP) is 2.46. The lowest BCUT2D eigenvalue weighted by Crippen LogP contribution is -2.36. The lowest BCUT2D eigenvalue weighted by atomic mass is 10.0. The molecule has 0 aliphatic rings. The molecule has 0 saturated heterocycles. The van der Waals surface area contributed by atoms with Gasteiger partial charge in [-0.05, 0) is 25.0 Å². The Kier molecular flexibility index (Phi) is 5.11. The number of tetrazole rings is 1. The summed E-state index contributed by atoms with van der Waals surface area (Å²) in [6.07, 6.45) is 0. The van der Waals surface area contributed by atoms with Crippen molar-refractivity contribution < 1.29 is 9.21 Å². The van der Waals surface area contributed by atoms with Gasteiger partial charge in [0.15, 0.2) is 6.04 Å². The number of benzene rings is 1. The molecule has 2 aromatic heterocycles. The van der Waals surface area contributed by atoms with Gasteiger partial charge in [-0.1, -0.05) is 44.2 Å². The number of amides is 1. The van der Waals surface area contributed by atoms with E-state index in [1.165, 1.54) is 4.80 Å². The van der Waals surface area contributed by atoms with Crippen LogP contribution in [-0.2, 0) is 11.3 Å². The maximum absolute atomic E-state index is 12.7. The number of hydrogen-bond acceptors (Lipinski definition) is 6. The van der Waals surface area contributed by atoms with Crippen LogP contribution in [0.25, 0.3) is 11.4 Å². The second kappa shape index (κ2) is 7.47. The Balaban J connectivity index is 1.74. The number of oxazole rings is 1. The third-order valence-corrected chi connectivity index (χ3v) is 4.10. The van der Waals surface area contributed by atoms with Crippen molar-refractivity contribution in [3.05, 3.63) is 47.7 Å². The van der Waals surface area contributed by atoms with Crippen LogP contribution in [-0.4, -0.2) is 31.1 Å². The summed E-state index contributed by atoms with van der Waals surface area (Å²) >= 11 is 0. The molecule has 0 radical (unpaired) electrons. The van der Waals surface area contributed by atoms with E-state index in [0.717, 1.165) is 17.0 Å². The van der Waals surface area contributed by atoms with E-state index in [9.17, 15) is 4.79 Å². The summed E-state index contributed by atoms with van der Waals surface area (Å²) < 4.78 is 5.50. The van der Waals surface area contributed by atoms with Gasteiger partial charge in [-0.3, -0.25) is 4.79 Å². The number of carbonyl (C=O) groups is 1. The summed E-state index contributed by atoms with van der Waals surface area (Å²) in [5, 5.41) is 15.4. The van der Waals surface area contributed by atoms with Gasteiger partial charge in [-0.25, -0.2) is 4.98 Å². The quantitative estimate of drug-likeness (QED) is 0.730. The maximum Gasteiger partial charge on any atom is 0.247 e. The Hall–Kier alpha value is -3.03. The standard InChI is InChI=1S/C18H22N6O2/c1-11(2)16(18(25)19-10-15-20-12(3)13(4)26-15)24-22-17(21-23-24)14-8-6-5-7-9-14/h5-9,11,16H,10H2,1-4H3,(H,19,25). The van der Waals surface area contributed by atoms with Crippen LogP contribution in [0.15, 0.2) is 34.7 Å². The van der Waals surface area contributed by atoms with Gasteiger partial charge in [-0.15, -0.1) is 10.2 Å². The highest BCUT2D eigenvalue weighted by Gasteiger charge is 2.27. The molecule has 0 spiro atoms. The maximum atomic E-state index is 12.7. The molecule has 1 aromatic carbocycles. The highest BCUT2D eigenvalue weighted by atomic mass is 16.4. The summed E-state index contributed by atoms with van der Waals surface area (Å²) in [6.45, 7) is 7.81. The lowest BCUT2D eigenvalue weighted by Gasteiger charge is -2.18. The normalized spacial score (nSPS) is 12.3. The molecule has 1 N–H and O–H groups in total. The molecular formula is C18H22N6O2. The van der Waals surface area contributed by atoms with Crippen molar-refractivity contribution >= 4 is 5.91 Å². The molecule has 3 aromatic rings. The van der Waals surface area contributed by atoms with Gasteiger partial charge in [-0.2, -0.15) is 4.80 Å². The van der Waals surface area contributed by atoms with E-state index in [1.54, 1.807) is 0 Å². The van der Waals surface area contributed by atoms with Gasteiger partial charge in [0.25, 0.3) is 0 Å². The summed E-state index contributed by atoms with van der Waals surface area (Å²) in [5.74, 6) is 1.50. The topological polar surface area (TPSA) is 98.7 Å². The Morgan fingerprint density at radius 3 is 2.58 bits per heavy atom. The minimum absolute atomic E-state index is 0.0131. The number of carbonyl (C=O) groups excluding carboxylic acids is 1. The Morgan fingerprint density at radius 1 is 1.23 bits per heavy atom. The molecule has 1 amide bonds. The van der Waals surface area contributed by atoms with Gasteiger partial charge in [0, 0.05) is 5.56 Å². The molecule has 0 fully saturated rings. The molecule has 0 saturated carbocycles. The SMILES string of the molecule is Cc1nc(CNC(=O)C(C(C)C)n2nnc(-c3ccccc3)n2)oc1C. The molecule has 0 aliphatic heterocycles. The monoisotopic (exact) mass is 354 g/mol. The average molecular weight is 354 g/mol. The molecule has 8 heteroatoms. The first-order valence-electron chi connectivity index (χ1n) is 8.51. The summed E-state index contributed by atoms with van der Waals surface area (Å²) in [7, 11) is 0. The van der Waals surface area contributed by atoms with E-state index in [0.29, 0.717) is 11.7 Å². The smallest absolute Gasteiger partial charge is 0.247 e. The highest BCUT2D eigenvalue weighted by molar-refractivity contribution is 5.80. The Morgan fingerprint density at radius 2 is 1.96 bits per heavy atom. The largest absolute Gasteiger partial charge is 0.444 e. The molecule has 0 aliphatic carbocycles. The van der Waals surface area contributed by atoms with E-state index in [1.807, 2.05) is 58.0 Å². The van der Waals surface area contributed by atoms with Crippen molar-refractivity contribution in [3.8, 4) is 11.4 Å². The molecule has 3 rings (SSSR count). The van der Waals surface area contributed by atoms with Crippen molar-refractivity contribution in [2.75, 3.05) is 0 Å². The molecular weight excluding hydrogens is 332 g/mol. The van der Waals surface area contributed by atoms with Crippen LogP contribution in [0.1, 0.15) is 37.2 Å². The van der Waals surface area contributed by atoms with Crippen molar-refractivity contribution in [3.63, 3.8) is 0 Å². The fraction of sp³-hybridized carbons (Fsp3) is 0.389. The van der Waals surface area contributed by atoms with Gasteiger partial charge < -0.3 is 9.73 Å². The first kappa shape index (κ1) is 17.8. The molecule has 2 heterocycles. The summed E-state index contributed by atoms with van der Waals surface area (Å²) in [6, 6.07) is 8.96. The molecule has 1 atom stereocenters. The van der Waals surface area contributed by atoms with Crippen LogP contribution in [0.4, 0.5) is 0 Å². The van der Waals surface area contributed by atoms with E-state index in [2.05, 4.69) is 25.7 Å². The second-order valence-electron chi connectivity index (χ2n) is 6.46. The third kappa shape index (κ3) is 3.79. The minimum atomic E-state index is -0.572. The van der Waals surface area contributed by atoms with Crippen LogP contribution in [0, 0.1) is 19.8 Å². The van der Waals surface area contributed by atoms with Crippen LogP contribution in [0.2, 0.25) is 0 Å². The van der Waals surface area contributed by atoms with Crippen molar-refractivity contribution in [2.24, 2.45) is 5.92 Å². The van der Waals surface area contributed by atoms with Crippen LogP contribution >= 0.6 is 0 Å². The van der Waals surface area contributed by atoms with E-state index >= 15 is 0 Å². The van der Waals surface area contributed by atoms with E-state index < -0.39 is 6.04 Å².